The number of hydrogen-bond donors (Lipinski definition) is 1. The normalized spacial score (nSPS) is 12.4. The third-order valence-electron chi connectivity index (χ3n) is 3.17. The smallest absolute Gasteiger partial charge is 0.125 e. The first-order valence-corrected chi connectivity index (χ1v) is 6.98. The summed E-state index contributed by atoms with van der Waals surface area (Å²) in [6, 6.07) is 5.60. The zero-order valence-electron chi connectivity index (χ0n) is 11.9. The Bertz CT molecular complexity index is 570. The maximum absolute atomic E-state index is 6.02. The molecule has 1 aromatic heterocycles. The fourth-order valence-electron chi connectivity index (χ4n) is 2.26. The van der Waals surface area contributed by atoms with E-state index in [0.717, 1.165) is 30.0 Å². The summed E-state index contributed by atoms with van der Waals surface area (Å²) in [5, 5.41) is 12.1. The molecule has 0 aliphatic rings. The van der Waals surface area contributed by atoms with Crippen LogP contribution in [0.4, 0.5) is 0 Å². The number of benzene rings is 1. The van der Waals surface area contributed by atoms with Gasteiger partial charge >= 0.3 is 0 Å². The molecule has 0 aliphatic carbocycles. The maximum Gasteiger partial charge on any atom is 0.125 e. The first kappa shape index (κ1) is 14.8. The highest BCUT2D eigenvalue weighted by Crippen LogP contribution is 2.31. The average molecular weight is 295 g/mol. The molecular formula is C14H19ClN4O. The van der Waals surface area contributed by atoms with Crippen molar-refractivity contribution >= 4 is 11.6 Å². The van der Waals surface area contributed by atoms with E-state index in [-0.39, 0.29) is 6.04 Å². The molecule has 0 bridgehead atoms. The van der Waals surface area contributed by atoms with Crippen molar-refractivity contribution in [1.82, 2.24) is 20.3 Å². The van der Waals surface area contributed by atoms with Gasteiger partial charge < -0.3 is 10.1 Å². The summed E-state index contributed by atoms with van der Waals surface area (Å²) in [5.41, 5.74) is 2.02. The van der Waals surface area contributed by atoms with Crippen molar-refractivity contribution in [2.24, 2.45) is 0 Å². The summed E-state index contributed by atoms with van der Waals surface area (Å²) < 4.78 is 7.34. The lowest BCUT2D eigenvalue weighted by Gasteiger charge is -2.20. The highest BCUT2D eigenvalue weighted by molar-refractivity contribution is 6.30. The SMILES string of the molecule is CCCn1nncc1C(NC)c1ccc(Cl)cc1OC. The molecule has 1 heterocycles. The number of nitrogens with zero attached hydrogens (tertiary/aromatic N) is 3. The van der Waals surface area contributed by atoms with Crippen molar-refractivity contribution in [3.05, 3.63) is 40.7 Å². The van der Waals surface area contributed by atoms with Gasteiger partial charge in [-0.15, -0.1) is 5.10 Å². The minimum absolute atomic E-state index is 0.0382. The second-order valence-electron chi connectivity index (χ2n) is 4.49. The van der Waals surface area contributed by atoms with E-state index in [1.807, 2.05) is 29.9 Å². The van der Waals surface area contributed by atoms with Crippen LogP contribution < -0.4 is 10.1 Å². The van der Waals surface area contributed by atoms with Crippen LogP contribution in [0.3, 0.4) is 0 Å². The van der Waals surface area contributed by atoms with Crippen LogP contribution in [0, 0.1) is 0 Å². The third-order valence-corrected chi connectivity index (χ3v) is 3.41. The summed E-state index contributed by atoms with van der Waals surface area (Å²) in [6.45, 7) is 2.95. The Morgan fingerprint density at radius 1 is 1.45 bits per heavy atom. The molecule has 0 radical (unpaired) electrons. The van der Waals surface area contributed by atoms with Gasteiger partial charge in [0.15, 0.2) is 0 Å². The van der Waals surface area contributed by atoms with Crippen molar-refractivity contribution in [1.29, 1.82) is 0 Å². The number of halogens is 1. The summed E-state index contributed by atoms with van der Waals surface area (Å²) in [4.78, 5) is 0. The molecule has 0 spiro atoms. The standard InChI is InChI=1S/C14H19ClN4O/c1-4-7-19-12(9-17-18-19)14(16-2)11-6-5-10(15)8-13(11)20-3/h5-6,8-9,14,16H,4,7H2,1-3H3. The number of nitrogens with one attached hydrogen (secondary N) is 1. The van der Waals surface area contributed by atoms with E-state index in [1.165, 1.54) is 0 Å². The van der Waals surface area contributed by atoms with E-state index in [0.29, 0.717) is 5.02 Å². The lowest BCUT2D eigenvalue weighted by Crippen LogP contribution is -2.22. The van der Waals surface area contributed by atoms with Crippen LogP contribution in [-0.2, 0) is 6.54 Å². The number of aromatic nitrogens is 3. The topological polar surface area (TPSA) is 52.0 Å². The molecule has 0 aliphatic heterocycles. The molecule has 5 nitrogen and oxygen atoms in total. The summed E-state index contributed by atoms with van der Waals surface area (Å²) in [6.07, 6.45) is 2.79. The predicted octanol–water partition coefficient (Wildman–Crippen LogP) is 2.66. The van der Waals surface area contributed by atoms with Gasteiger partial charge in [0.25, 0.3) is 0 Å². The molecule has 0 fully saturated rings. The molecule has 0 saturated heterocycles. The van der Waals surface area contributed by atoms with Crippen molar-refractivity contribution in [3.8, 4) is 5.75 Å². The number of ether oxygens (including phenoxy) is 1. The van der Waals surface area contributed by atoms with Crippen molar-refractivity contribution in [2.45, 2.75) is 25.9 Å². The van der Waals surface area contributed by atoms with Gasteiger partial charge in [0, 0.05) is 17.1 Å². The molecule has 20 heavy (non-hydrogen) atoms. The highest BCUT2D eigenvalue weighted by Gasteiger charge is 2.21. The molecule has 1 N–H and O–H groups in total. The van der Waals surface area contributed by atoms with Gasteiger partial charge in [0.05, 0.1) is 25.0 Å². The maximum atomic E-state index is 6.02. The van der Waals surface area contributed by atoms with Crippen LogP contribution in [0.2, 0.25) is 5.02 Å². The second kappa shape index (κ2) is 6.72. The van der Waals surface area contributed by atoms with E-state index < -0.39 is 0 Å². The Morgan fingerprint density at radius 2 is 2.25 bits per heavy atom. The molecule has 0 saturated carbocycles. The Hall–Kier alpha value is -1.59. The molecule has 108 valence electrons. The summed E-state index contributed by atoms with van der Waals surface area (Å²) in [5.74, 6) is 0.751. The molecule has 0 amide bonds. The number of hydrogen-bond acceptors (Lipinski definition) is 4. The Labute approximate surface area is 123 Å². The zero-order valence-corrected chi connectivity index (χ0v) is 12.7. The van der Waals surface area contributed by atoms with Gasteiger partial charge in [-0.05, 0) is 25.6 Å². The molecule has 1 unspecified atom stereocenters. The molecular weight excluding hydrogens is 276 g/mol. The van der Waals surface area contributed by atoms with Crippen molar-refractivity contribution in [3.63, 3.8) is 0 Å². The van der Waals surface area contributed by atoms with Crippen LogP contribution in [0.25, 0.3) is 0 Å². The average Bonchev–Trinajstić information content (AvgIpc) is 2.90. The van der Waals surface area contributed by atoms with Crippen molar-refractivity contribution in [2.75, 3.05) is 14.2 Å². The third kappa shape index (κ3) is 2.94. The van der Waals surface area contributed by atoms with Gasteiger partial charge in [-0.1, -0.05) is 29.8 Å². The van der Waals surface area contributed by atoms with Gasteiger partial charge in [0.2, 0.25) is 0 Å². The molecule has 1 aromatic carbocycles. The number of methoxy groups -OCH3 is 1. The van der Waals surface area contributed by atoms with Crippen LogP contribution in [0.5, 0.6) is 5.75 Å². The Kier molecular flexibility index (Phi) is 4.98. The van der Waals surface area contributed by atoms with Crippen LogP contribution in [0.15, 0.2) is 24.4 Å². The number of aryl methyl sites for hydroxylation is 1. The van der Waals surface area contributed by atoms with E-state index in [2.05, 4.69) is 22.6 Å². The minimum Gasteiger partial charge on any atom is -0.496 e. The predicted molar refractivity (Wildman–Crippen MR) is 79.2 cm³/mol. The van der Waals surface area contributed by atoms with Crippen molar-refractivity contribution < 1.29 is 4.74 Å². The molecule has 6 heteroatoms. The summed E-state index contributed by atoms with van der Waals surface area (Å²) in [7, 11) is 3.55. The first-order chi connectivity index (χ1) is 9.71. The lowest BCUT2D eigenvalue weighted by molar-refractivity contribution is 0.403. The second-order valence-corrected chi connectivity index (χ2v) is 4.93. The summed E-state index contributed by atoms with van der Waals surface area (Å²) >= 11 is 6.02. The fourth-order valence-corrected chi connectivity index (χ4v) is 2.42. The van der Waals surface area contributed by atoms with E-state index in [4.69, 9.17) is 16.3 Å². The Balaban J connectivity index is 2.44. The van der Waals surface area contributed by atoms with Crippen LogP contribution in [0.1, 0.15) is 30.6 Å². The molecule has 2 rings (SSSR count). The monoisotopic (exact) mass is 294 g/mol. The van der Waals surface area contributed by atoms with Crippen LogP contribution in [-0.4, -0.2) is 29.2 Å². The van der Waals surface area contributed by atoms with Gasteiger partial charge in [-0.2, -0.15) is 0 Å². The van der Waals surface area contributed by atoms with E-state index in [1.54, 1.807) is 13.3 Å². The fraction of sp³-hybridized carbons (Fsp3) is 0.429. The quantitative estimate of drug-likeness (QED) is 0.890. The molecule has 1 atom stereocenters. The largest absolute Gasteiger partial charge is 0.496 e. The van der Waals surface area contributed by atoms with Gasteiger partial charge in [-0.25, -0.2) is 4.68 Å². The van der Waals surface area contributed by atoms with Crippen LogP contribution >= 0.6 is 11.6 Å². The van der Waals surface area contributed by atoms with Gasteiger partial charge in [0.1, 0.15) is 5.75 Å². The minimum atomic E-state index is -0.0382. The Morgan fingerprint density at radius 3 is 2.90 bits per heavy atom. The molecule has 2 aromatic rings. The van der Waals surface area contributed by atoms with Gasteiger partial charge in [-0.3, -0.25) is 0 Å². The van der Waals surface area contributed by atoms with E-state index >= 15 is 0 Å². The highest BCUT2D eigenvalue weighted by atomic mass is 35.5. The van der Waals surface area contributed by atoms with E-state index in [9.17, 15) is 0 Å². The zero-order chi connectivity index (χ0) is 14.5. The number of rotatable bonds is 6. The lowest BCUT2D eigenvalue weighted by atomic mass is 10.0. The first-order valence-electron chi connectivity index (χ1n) is 6.60.